The van der Waals surface area contributed by atoms with E-state index in [0.29, 0.717) is 19.4 Å². The van der Waals surface area contributed by atoms with Gasteiger partial charge in [0.1, 0.15) is 0 Å². The van der Waals surface area contributed by atoms with Crippen LogP contribution in [-0.4, -0.2) is 47.4 Å². The van der Waals surface area contributed by atoms with Gasteiger partial charge in [0.2, 0.25) is 5.91 Å². The molecule has 0 aliphatic rings. The quantitative estimate of drug-likeness (QED) is 0.0320. The topological polar surface area (TPSA) is 95.9 Å². The van der Waals surface area contributed by atoms with E-state index in [1.165, 1.54) is 270 Å². The van der Waals surface area contributed by atoms with Crippen molar-refractivity contribution in [2.24, 2.45) is 0 Å². The molecule has 2 atom stereocenters. The predicted molar refractivity (Wildman–Crippen MR) is 324 cm³/mol. The molecule has 434 valence electrons. The fraction of sp³-hybridized carbons (Fsp3) is 0.853. The average Bonchev–Trinajstić information content (AvgIpc) is 3.40. The van der Waals surface area contributed by atoms with Crippen LogP contribution in [-0.2, 0) is 14.3 Å². The van der Waals surface area contributed by atoms with Gasteiger partial charge in [0, 0.05) is 12.8 Å². The van der Waals surface area contributed by atoms with Crippen molar-refractivity contribution in [1.29, 1.82) is 0 Å². The molecule has 2 unspecified atom stereocenters. The molecule has 0 fully saturated rings. The lowest BCUT2D eigenvalue weighted by Gasteiger charge is -2.20. The van der Waals surface area contributed by atoms with Gasteiger partial charge in [-0.25, -0.2) is 0 Å². The molecule has 0 rings (SSSR count). The van der Waals surface area contributed by atoms with E-state index >= 15 is 0 Å². The smallest absolute Gasteiger partial charge is 0.305 e. The van der Waals surface area contributed by atoms with Gasteiger partial charge >= 0.3 is 5.97 Å². The standard InChI is InChI=1S/C68H127NO5/c1-3-5-7-9-11-13-15-17-18-19-20-21-22-24-27-30-33-37-40-44-48-52-56-60-66(71)65(64-70)69-67(72)61-57-53-49-45-41-38-34-31-28-25-23-26-29-32-35-39-43-47-51-55-59-63-74-68(73)62-58-54-50-46-42-36-16-14-12-10-8-6-4-2/h14,16,39,43,51,55-56,60,65-66,70-71H,3-13,15,17-38,40-42,44-50,52-54,57-59,61-64H2,1-2H3,(H,69,72)/b16-14-,43-39-,55-51-,60-56+. The number of ether oxygens (including phenoxy) is 1. The number of esters is 1. The van der Waals surface area contributed by atoms with Crippen LogP contribution < -0.4 is 5.32 Å². The van der Waals surface area contributed by atoms with Crippen LogP contribution in [0, 0.1) is 0 Å². The maximum atomic E-state index is 12.5. The summed E-state index contributed by atoms with van der Waals surface area (Å²) in [7, 11) is 0. The molecule has 0 aliphatic carbocycles. The highest BCUT2D eigenvalue weighted by Gasteiger charge is 2.18. The number of allylic oxidation sites excluding steroid dienone is 6. The minimum absolute atomic E-state index is 0.0450. The molecule has 0 aromatic heterocycles. The lowest BCUT2D eigenvalue weighted by molar-refractivity contribution is -0.143. The van der Waals surface area contributed by atoms with E-state index in [1.54, 1.807) is 6.08 Å². The number of hydrogen-bond acceptors (Lipinski definition) is 5. The molecule has 3 N–H and O–H groups in total. The molecule has 0 aliphatic heterocycles. The van der Waals surface area contributed by atoms with Crippen molar-refractivity contribution in [2.75, 3.05) is 13.2 Å². The number of aliphatic hydroxyl groups is 2. The monoisotopic (exact) mass is 1040 g/mol. The van der Waals surface area contributed by atoms with Crippen molar-refractivity contribution in [3.05, 3.63) is 48.6 Å². The Balaban J connectivity index is 3.49. The molecule has 0 aromatic carbocycles. The number of carbonyl (C=O) groups excluding carboxylic acids is 2. The minimum atomic E-state index is -0.850. The Kier molecular flexibility index (Phi) is 61.5. The maximum absolute atomic E-state index is 12.5. The number of carbonyl (C=O) groups is 2. The average molecular weight is 1040 g/mol. The summed E-state index contributed by atoms with van der Waals surface area (Å²) in [5.41, 5.74) is 0. The Hall–Kier alpha value is -2.18. The van der Waals surface area contributed by atoms with E-state index in [1.807, 2.05) is 6.08 Å². The highest BCUT2D eigenvalue weighted by molar-refractivity contribution is 5.76. The van der Waals surface area contributed by atoms with Crippen LogP contribution in [0.25, 0.3) is 0 Å². The molecule has 0 spiro atoms. The second-order valence-corrected chi connectivity index (χ2v) is 22.4. The predicted octanol–water partition coefficient (Wildman–Crippen LogP) is 20.9. The summed E-state index contributed by atoms with van der Waals surface area (Å²) in [6, 6.07) is -0.634. The molecule has 6 heteroatoms. The molecule has 0 bridgehead atoms. The Morgan fingerprint density at radius 1 is 0.378 bits per heavy atom. The minimum Gasteiger partial charge on any atom is -0.465 e. The van der Waals surface area contributed by atoms with Gasteiger partial charge < -0.3 is 20.3 Å². The van der Waals surface area contributed by atoms with Crippen LogP contribution in [0.5, 0.6) is 0 Å². The summed E-state index contributed by atoms with van der Waals surface area (Å²) < 4.78 is 5.41. The first-order valence-electron chi connectivity index (χ1n) is 32.9. The fourth-order valence-electron chi connectivity index (χ4n) is 10.1. The van der Waals surface area contributed by atoms with Crippen LogP contribution in [0.1, 0.15) is 348 Å². The Labute approximate surface area is 461 Å². The highest BCUT2D eigenvalue weighted by atomic mass is 16.5. The first-order chi connectivity index (χ1) is 36.5. The number of hydrogen-bond donors (Lipinski definition) is 3. The highest BCUT2D eigenvalue weighted by Crippen LogP contribution is 2.18. The molecule has 0 radical (unpaired) electrons. The number of aliphatic hydroxyl groups excluding tert-OH is 2. The molecule has 0 saturated carbocycles. The molecular weight excluding hydrogens is 911 g/mol. The maximum Gasteiger partial charge on any atom is 0.305 e. The summed E-state index contributed by atoms with van der Waals surface area (Å²) in [5, 5.41) is 23.2. The zero-order valence-electron chi connectivity index (χ0n) is 49.6. The van der Waals surface area contributed by atoms with E-state index in [9.17, 15) is 19.8 Å². The first-order valence-corrected chi connectivity index (χ1v) is 32.9. The number of amides is 1. The van der Waals surface area contributed by atoms with Crippen LogP contribution in [0.3, 0.4) is 0 Å². The molecule has 0 heterocycles. The zero-order chi connectivity index (χ0) is 53.6. The summed E-state index contributed by atoms with van der Waals surface area (Å²) in [6.45, 7) is 4.80. The largest absolute Gasteiger partial charge is 0.465 e. The van der Waals surface area contributed by atoms with Crippen LogP contribution in [0.4, 0.5) is 0 Å². The summed E-state index contributed by atoms with van der Waals surface area (Å²) in [6.07, 6.45) is 81.8. The van der Waals surface area contributed by atoms with E-state index in [4.69, 9.17) is 4.74 Å². The van der Waals surface area contributed by atoms with Gasteiger partial charge in [0.25, 0.3) is 0 Å². The summed E-state index contributed by atoms with van der Waals surface area (Å²) in [5.74, 6) is -0.115. The fourth-order valence-corrected chi connectivity index (χ4v) is 10.1. The van der Waals surface area contributed by atoms with Gasteiger partial charge in [-0.1, -0.05) is 306 Å². The van der Waals surface area contributed by atoms with Crippen LogP contribution in [0.2, 0.25) is 0 Å². The van der Waals surface area contributed by atoms with Crippen molar-refractivity contribution < 1.29 is 24.5 Å². The Bertz CT molecular complexity index is 1240. The molecule has 1 amide bonds. The lowest BCUT2D eigenvalue weighted by Crippen LogP contribution is -2.45. The third-order valence-electron chi connectivity index (χ3n) is 15.1. The van der Waals surface area contributed by atoms with E-state index in [0.717, 1.165) is 51.4 Å². The van der Waals surface area contributed by atoms with Crippen molar-refractivity contribution in [1.82, 2.24) is 5.32 Å². The van der Waals surface area contributed by atoms with E-state index in [2.05, 4.69) is 55.6 Å². The second kappa shape index (κ2) is 63.4. The Morgan fingerprint density at radius 2 is 0.676 bits per heavy atom. The number of nitrogens with one attached hydrogen (secondary N) is 1. The molecule has 0 saturated heterocycles. The number of unbranched alkanes of at least 4 members (excludes halogenated alkanes) is 44. The lowest BCUT2D eigenvalue weighted by atomic mass is 10.0. The first kappa shape index (κ1) is 71.8. The molecular formula is C68H127NO5. The summed E-state index contributed by atoms with van der Waals surface area (Å²) in [4.78, 5) is 24.5. The van der Waals surface area contributed by atoms with Gasteiger partial charge in [-0.2, -0.15) is 0 Å². The van der Waals surface area contributed by atoms with Gasteiger partial charge in [-0.05, 0) is 77.0 Å². The molecule has 0 aromatic rings. The second-order valence-electron chi connectivity index (χ2n) is 22.4. The molecule has 6 nitrogen and oxygen atoms in total. The van der Waals surface area contributed by atoms with Crippen LogP contribution in [0.15, 0.2) is 48.6 Å². The SMILES string of the molecule is CCCCCC/C=C\CCCCCCCC(=O)OCC/C=C\C/C=C\CCCCCCCCCCCCCCCCC(=O)NC(CO)C(O)/C=C/CCCCCCCCCCCCCCCCCCCCCCC. The zero-order valence-corrected chi connectivity index (χ0v) is 49.6. The van der Waals surface area contributed by atoms with E-state index in [-0.39, 0.29) is 18.5 Å². The van der Waals surface area contributed by atoms with E-state index < -0.39 is 12.1 Å². The third kappa shape index (κ3) is 59.1. The van der Waals surface area contributed by atoms with Gasteiger partial charge in [-0.3, -0.25) is 9.59 Å². The van der Waals surface area contributed by atoms with Crippen molar-refractivity contribution in [3.8, 4) is 0 Å². The van der Waals surface area contributed by atoms with Crippen molar-refractivity contribution >= 4 is 11.9 Å². The molecule has 74 heavy (non-hydrogen) atoms. The van der Waals surface area contributed by atoms with Crippen LogP contribution >= 0.6 is 0 Å². The van der Waals surface area contributed by atoms with Crippen molar-refractivity contribution in [2.45, 2.75) is 360 Å². The van der Waals surface area contributed by atoms with Gasteiger partial charge in [0.05, 0.1) is 25.4 Å². The third-order valence-corrected chi connectivity index (χ3v) is 15.1. The normalized spacial score (nSPS) is 12.9. The van der Waals surface area contributed by atoms with Gasteiger partial charge in [-0.15, -0.1) is 0 Å². The number of rotatable bonds is 61. The van der Waals surface area contributed by atoms with Gasteiger partial charge in [0.15, 0.2) is 0 Å². The Morgan fingerprint density at radius 3 is 1.05 bits per heavy atom. The summed E-state index contributed by atoms with van der Waals surface area (Å²) >= 11 is 0. The van der Waals surface area contributed by atoms with Crippen molar-refractivity contribution in [3.63, 3.8) is 0 Å².